The zero-order valence-corrected chi connectivity index (χ0v) is 16.1. The third kappa shape index (κ3) is 4.94. The molecule has 1 N–H and O–H groups in total. The predicted octanol–water partition coefficient (Wildman–Crippen LogP) is 4.18. The zero-order chi connectivity index (χ0) is 19.1. The maximum atomic E-state index is 12.7. The van der Waals surface area contributed by atoms with Crippen LogP contribution in [0, 0.1) is 0 Å². The lowest BCUT2D eigenvalue weighted by Crippen LogP contribution is -2.41. The second-order valence-electron chi connectivity index (χ2n) is 6.90. The Labute approximate surface area is 161 Å². The van der Waals surface area contributed by atoms with E-state index in [1.54, 1.807) is 14.2 Å². The van der Waals surface area contributed by atoms with Crippen molar-refractivity contribution in [2.75, 3.05) is 27.3 Å². The maximum Gasteiger partial charge on any atom is 0.317 e. The number of rotatable bonds is 5. The molecule has 1 unspecified atom stereocenters. The molecule has 3 rings (SSSR count). The van der Waals surface area contributed by atoms with Crippen molar-refractivity contribution in [3.8, 4) is 11.5 Å². The smallest absolute Gasteiger partial charge is 0.317 e. The van der Waals surface area contributed by atoms with Crippen LogP contribution < -0.4 is 14.8 Å². The van der Waals surface area contributed by atoms with Crippen LogP contribution in [-0.2, 0) is 6.54 Å². The monoisotopic (exact) mass is 368 g/mol. The number of hydrogen-bond acceptors (Lipinski definition) is 3. The van der Waals surface area contributed by atoms with E-state index in [2.05, 4.69) is 29.6 Å². The molecule has 1 fully saturated rings. The molecule has 2 aromatic rings. The van der Waals surface area contributed by atoms with Crippen LogP contribution in [0.25, 0.3) is 0 Å². The molecule has 1 saturated heterocycles. The highest BCUT2D eigenvalue weighted by atomic mass is 16.5. The second-order valence-corrected chi connectivity index (χ2v) is 6.90. The van der Waals surface area contributed by atoms with E-state index in [9.17, 15) is 4.79 Å². The highest BCUT2D eigenvalue weighted by molar-refractivity contribution is 5.74. The van der Waals surface area contributed by atoms with Gasteiger partial charge in [0.25, 0.3) is 0 Å². The van der Waals surface area contributed by atoms with Gasteiger partial charge in [-0.3, -0.25) is 0 Å². The van der Waals surface area contributed by atoms with E-state index in [4.69, 9.17) is 9.47 Å². The van der Waals surface area contributed by atoms with Crippen LogP contribution in [0.1, 0.15) is 36.3 Å². The number of carbonyl (C=O) groups is 1. The Bertz CT molecular complexity index is 748. The number of likely N-dealkylation sites (tertiary alicyclic amines) is 1. The molecule has 144 valence electrons. The fourth-order valence-corrected chi connectivity index (χ4v) is 3.60. The van der Waals surface area contributed by atoms with Crippen LogP contribution in [0.5, 0.6) is 11.5 Å². The van der Waals surface area contributed by atoms with Gasteiger partial charge in [-0.25, -0.2) is 4.79 Å². The number of hydrogen-bond donors (Lipinski definition) is 1. The van der Waals surface area contributed by atoms with Crippen LogP contribution >= 0.6 is 0 Å². The number of benzene rings is 2. The fourth-order valence-electron chi connectivity index (χ4n) is 3.60. The van der Waals surface area contributed by atoms with Crippen molar-refractivity contribution in [1.29, 1.82) is 0 Å². The van der Waals surface area contributed by atoms with Crippen molar-refractivity contribution in [2.24, 2.45) is 0 Å². The van der Waals surface area contributed by atoms with E-state index < -0.39 is 0 Å². The minimum Gasteiger partial charge on any atom is -0.493 e. The van der Waals surface area contributed by atoms with Crippen molar-refractivity contribution >= 4 is 6.03 Å². The number of nitrogens with one attached hydrogen (secondary N) is 1. The number of methoxy groups -OCH3 is 2. The van der Waals surface area contributed by atoms with E-state index in [1.165, 1.54) is 5.56 Å². The van der Waals surface area contributed by atoms with Gasteiger partial charge in [0.2, 0.25) is 0 Å². The van der Waals surface area contributed by atoms with Gasteiger partial charge < -0.3 is 19.7 Å². The molecule has 0 bridgehead atoms. The van der Waals surface area contributed by atoms with Crippen molar-refractivity contribution < 1.29 is 14.3 Å². The number of urea groups is 1. The van der Waals surface area contributed by atoms with Gasteiger partial charge in [0.1, 0.15) is 0 Å². The topological polar surface area (TPSA) is 50.8 Å². The molecule has 0 aliphatic carbocycles. The minimum absolute atomic E-state index is 0.00684. The molecule has 0 saturated carbocycles. The first kappa shape index (κ1) is 19.1. The van der Waals surface area contributed by atoms with Crippen LogP contribution in [0.15, 0.2) is 48.5 Å². The van der Waals surface area contributed by atoms with Crippen LogP contribution in [0.3, 0.4) is 0 Å². The molecular formula is C22H28N2O3. The summed E-state index contributed by atoms with van der Waals surface area (Å²) in [6.07, 6.45) is 3.33. The van der Waals surface area contributed by atoms with Crippen LogP contribution in [0.2, 0.25) is 0 Å². The van der Waals surface area contributed by atoms with Crippen molar-refractivity contribution in [2.45, 2.75) is 31.7 Å². The van der Waals surface area contributed by atoms with Gasteiger partial charge in [0.05, 0.1) is 14.2 Å². The summed E-state index contributed by atoms with van der Waals surface area (Å²) >= 11 is 0. The van der Waals surface area contributed by atoms with Crippen LogP contribution in [-0.4, -0.2) is 38.2 Å². The highest BCUT2D eigenvalue weighted by Crippen LogP contribution is 2.28. The van der Waals surface area contributed by atoms with Crippen molar-refractivity contribution in [1.82, 2.24) is 10.2 Å². The fraction of sp³-hybridized carbons (Fsp3) is 0.409. The molecule has 2 aromatic carbocycles. The summed E-state index contributed by atoms with van der Waals surface area (Å²) < 4.78 is 10.6. The molecule has 1 atom stereocenters. The van der Waals surface area contributed by atoms with Crippen LogP contribution in [0.4, 0.5) is 4.79 Å². The number of carbonyl (C=O) groups excluding carboxylic acids is 1. The SMILES string of the molecule is COc1ccc(CNC(=O)N2CCCCC(c3ccccc3)C2)cc1OC. The first-order valence-corrected chi connectivity index (χ1v) is 9.50. The Morgan fingerprint density at radius 1 is 1.07 bits per heavy atom. The Balaban J connectivity index is 1.61. The summed E-state index contributed by atoms with van der Waals surface area (Å²) in [5.74, 6) is 1.76. The Kier molecular flexibility index (Phi) is 6.58. The van der Waals surface area contributed by atoms with Gasteiger partial charge in [0.15, 0.2) is 11.5 Å². The summed E-state index contributed by atoms with van der Waals surface area (Å²) in [5.41, 5.74) is 2.30. The van der Waals surface area contributed by atoms with E-state index in [1.807, 2.05) is 29.2 Å². The molecule has 5 heteroatoms. The normalized spacial score (nSPS) is 17.1. The zero-order valence-electron chi connectivity index (χ0n) is 16.1. The summed E-state index contributed by atoms with van der Waals surface area (Å²) in [5, 5.41) is 3.05. The lowest BCUT2D eigenvalue weighted by Gasteiger charge is -2.25. The second kappa shape index (κ2) is 9.31. The maximum absolute atomic E-state index is 12.7. The Morgan fingerprint density at radius 3 is 2.59 bits per heavy atom. The van der Waals surface area contributed by atoms with Gasteiger partial charge in [-0.1, -0.05) is 42.8 Å². The summed E-state index contributed by atoms with van der Waals surface area (Å²) in [4.78, 5) is 14.7. The number of amides is 2. The quantitative estimate of drug-likeness (QED) is 0.861. The molecule has 1 aliphatic rings. The largest absolute Gasteiger partial charge is 0.493 e. The van der Waals surface area contributed by atoms with Gasteiger partial charge in [-0.15, -0.1) is 0 Å². The first-order chi connectivity index (χ1) is 13.2. The Morgan fingerprint density at radius 2 is 1.85 bits per heavy atom. The molecule has 0 radical (unpaired) electrons. The molecule has 27 heavy (non-hydrogen) atoms. The van der Waals surface area contributed by atoms with Gasteiger partial charge in [-0.2, -0.15) is 0 Å². The number of nitrogens with zero attached hydrogens (tertiary/aromatic N) is 1. The third-order valence-corrected chi connectivity index (χ3v) is 5.12. The summed E-state index contributed by atoms with van der Waals surface area (Å²) in [6.45, 7) is 2.04. The standard InChI is InChI=1S/C22H28N2O3/c1-26-20-12-11-17(14-21(20)27-2)15-23-22(25)24-13-7-6-10-19(16-24)18-8-4-3-5-9-18/h3-5,8-9,11-12,14,19H,6-7,10,13,15-16H2,1-2H3,(H,23,25). The molecule has 5 nitrogen and oxygen atoms in total. The summed E-state index contributed by atoms with van der Waals surface area (Å²) in [7, 11) is 3.23. The Hall–Kier alpha value is -2.69. The van der Waals surface area contributed by atoms with E-state index in [-0.39, 0.29) is 6.03 Å². The highest BCUT2D eigenvalue weighted by Gasteiger charge is 2.23. The molecule has 1 aliphatic heterocycles. The van der Waals surface area contributed by atoms with Crippen molar-refractivity contribution in [3.05, 3.63) is 59.7 Å². The number of ether oxygens (including phenoxy) is 2. The van der Waals surface area contributed by atoms with Gasteiger partial charge in [-0.05, 0) is 36.1 Å². The van der Waals surface area contributed by atoms with Gasteiger partial charge in [0, 0.05) is 25.6 Å². The summed E-state index contributed by atoms with van der Waals surface area (Å²) in [6, 6.07) is 16.2. The van der Waals surface area contributed by atoms with Gasteiger partial charge >= 0.3 is 6.03 Å². The van der Waals surface area contributed by atoms with E-state index in [0.717, 1.165) is 37.9 Å². The molecule has 0 spiro atoms. The van der Waals surface area contributed by atoms with E-state index >= 15 is 0 Å². The predicted molar refractivity (Wildman–Crippen MR) is 106 cm³/mol. The minimum atomic E-state index is -0.00684. The molecular weight excluding hydrogens is 340 g/mol. The third-order valence-electron chi connectivity index (χ3n) is 5.12. The lowest BCUT2D eigenvalue weighted by atomic mass is 9.94. The lowest BCUT2D eigenvalue weighted by molar-refractivity contribution is 0.197. The average molecular weight is 368 g/mol. The molecule has 0 aromatic heterocycles. The van der Waals surface area contributed by atoms with E-state index in [0.29, 0.717) is 24.0 Å². The molecule has 1 heterocycles. The molecule has 2 amide bonds. The van der Waals surface area contributed by atoms with Crippen molar-refractivity contribution in [3.63, 3.8) is 0 Å². The first-order valence-electron chi connectivity index (χ1n) is 9.50. The average Bonchev–Trinajstić information content (AvgIpc) is 2.99.